The van der Waals surface area contributed by atoms with Crippen LogP contribution in [0.5, 0.6) is 0 Å². The van der Waals surface area contributed by atoms with Gasteiger partial charge in [0.05, 0.1) is 15.0 Å². The molecule has 2 aromatic rings. The summed E-state index contributed by atoms with van der Waals surface area (Å²) in [6.45, 7) is 0. The molecule has 0 fully saturated rings. The van der Waals surface area contributed by atoms with Gasteiger partial charge in [-0.1, -0.05) is 23.2 Å². The second-order valence-corrected chi connectivity index (χ2v) is 5.11. The number of carbonyl (C=O) groups is 1. The predicted octanol–water partition coefficient (Wildman–Crippen LogP) is 4.55. The van der Waals surface area contributed by atoms with Gasteiger partial charge in [-0.05, 0) is 42.0 Å². The minimum atomic E-state index is -0.482. The van der Waals surface area contributed by atoms with Crippen LogP contribution < -0.4 is 5.32 Å². The van der Waals surface area contributed by atoms with Crippen LogP contribution in [0, 0.1) is 10.1 Å². The molecular weight excluding hydrogens is 327 g/mol. The molecule has 1 amide bonds. The van der Waals surface area contributed by atoms with Crippen molar-refractivity contribution in [3.05, 3.63) is 74.3 Å². The lowest BCUT2D eigenvalue weighted by Crippen LogP contribution is -2.07. The number of benzene rings is 2. The Labute approximate surface area is 136 Å². The van der Waals surface area contributed by atoms with Crippen molar-refractivity contribution >= 4 is 46.6 Å². The van der Waals surface area contributed by atoms with E-state index in [0.717, 1.165) is 0 Å². The quantitative estimate of drug-likeness (QED) is 0.505. The first-order valence-electron chi connectivity index (χ1n) is 6.14. The molecule has 0 unspecified atom stereocenters. The molecule has 0 atom stereocenters. The fourth-order valence-corrected chi connectivity index (χ4v) is 1.93. The lowest BCUT2D eigenvalue weighted by atomic mass is 10.2. The monoisotopic (exact) mass is 336 g/mol. The van der Waals surface area contributed by atoms with E-state index in [0.29, 0.717) is 21.3 Å². The maximum Gasteiger partial charge on any atom is 0.269 e. The molecule has 112 valence electrons. The Morgan fingerprint density at radius 2 is 1.77 bits per heavy atom. The second kappa shape index (κ2) is 7.06. The third kappa shape index (κ3) is 4.31. The Kier molecular flexibility index (Phi) is 5.14. The van der Waals surface area contributed by atoms with E-state index in [1.807, 2.05) is 0 Å². The maximum absolute atomic E-state index is 11.8. The smallest absolute Gasteiger partial charge is 0.269 e. The SMILES string of the molecule is O=C(C=Cc1ccc([N+](=O)[O-])cc1)Nc1ccc(Cl)c(Cl)c1. The first-order chi connectivity index (χ1) is 10.5. The number of hydrogen-bond acceptors (Lipinski definition) is 3. The van der Waals surface area contributed by atoms with Gasteiger partial charge >= 0.3 is 0 Å². The summed E-state index contributed by atoms with van der Waals surface area (Å²) in [7, 11) is 0. The van der Waals surface area contributed by atoms with E-state index in [1.54, 1.807) is 36.4 Å². The van der Waals surface area contributed by atoms with Gasteiger partial charge in [-0.3, -0.25) is 14.9 Å². The van der Waals surface area contributed by atoms with E-state index < -0.39 is 4.92 Å². The summed E-state index contributed by atoms with van der Waals surface area (Å²) < 4.78 is 0. The predicted molar refractivity (Wildman–Crippen MR) is 87.2 cm³/mol. The van der Waals surface area contributed by atoms with E-state index in [-0.39, 0.29) is 11.6 Å². The third-order valence-corrected chi connectivity index (χ3v) is 3.46. The van der Waals surface area contributed by atoms with Crippen molar-refractivity contribution in [2.75, 3.05) is 5.32 Å². The fraction of sp³-hybridized carbons (Fsp3) is 0. The molecule has 0 saturated carbocycles. The van der Waals surface area contributed by atoms with E-state index in [4.69, 9.17) is 23.2 Å². The van der Waals surface area contributed by atoms with Gasteiger partial charge < -0.3 is 5.32 Å². The summed E-state index contributed by atoms with van der Waals surface area (Å²) in [4.78, 5) is 21.8. The molecule has 2 aromatic carbocycles. The van der Waals surface area contributed by atoms with E-state index in [9.17, 15) is 14.9 Å². The first kappa shape index (κ1) is 16.0. The Bertz CT molecular complexity index is 743. The number of amides is 1. The zero-order valence-corrected chi connectivity index (χ0v) is 12.6. The molecule has 0 aliphatic rings. The zero-order valence-electron chi connectivity index (χ0n) is 11.1. The van der Waals surface area contributed by atoms with Crippen molar-refractivity contribution < 1.29 is 9.72 Å². The van der Waals surface area contributed by atoms with Crippen LogP contribution in [0.2, 0.25) is 10.0 Å². The molecule has 2 rings (SSSR count). The number of non-ortho nitro benzene ring substituents is 1. The minimum absolute atomic E-state index is 0.00240. The largest absolute Gasteiger partial charge is 0.322 e. The number of anilines is 1. The molecule has 5 nitrogen and oxygen atoms in total. The first-order valence-corrected chi connectivity index (χ1v) is 6.90. The molecule has 1 N–H and O–H groups in total. The van der Waals surface area contributed by atoms with E-state index >= 15 is 0 Å². The summed E-state index contributed by atoms with van der Waals surface area (Å²) in [6, 6.07) is 10.6. The molecule has 0 bridgehead atoms. The highest BCUT2D eigenvalue weighted by Crippen LogP contribution is 2.25. The van der Waals surface area contributed by atoms with Crippen molar-refractivity contribution in [2.24, 2.45) is 0 Å². The van der Waals surface area contributed by atoms with Crippen LogP contribution in [0.4, 0.5) is 11.4 Å². The van der Waals surface area contributed by atoms with Gasteiger partial charge in [0.2, 0.25) is 5.91 Å². The van der Waals surface area contributed by atoms with Crippen LogP contribution in [-0.2, 0) is 4.79 Å². The highest BCUT2D eigenvalue weighted by atomic mass is 35.5. The zero-order chi connectivity index (χ0) is 16.1. The topological polar surface area (TPSA) is 72.2 Å². The van der Waals surface area contributed by atoms with Gasteiger partial charge in [-0.15, -0.1) is 0 Å². The third-order valence-electron chi connectivity index (χ3n) is 2.72. The average Bonchev–Trinajstić information content (AvgIpc) is 2.49. The number of hydrogen-bond donors (Lipinski definition) is 1. The Morgan fingerprint density at radius 3 is 2.36 bits per heavy atom. The van der Waals surface area contributed by atoms with Crippen molar-refractivity contribution in [3.8, 4) is 0 Å². The molecule has 7 heteroatoms. The molecule has 0 spiro atoms. The highest BCUT2D eigenvalue weighted by Gasteiger charge is 2.04. The van der Waals surface area contributed by atoms with Gasteiger partial charge in [0.15, 0.2) is 0 Å². The second-order valence-electron chi connectivity index (χ2n) is 4.30. The number of nitrogens with zero attached hydrogens (tertiary/aromatic N) is 1. The van der Waals surface area contributed by atoms with Crippen LogP contribution in [0.3, 0.4) is 0 Å². The fourth-order valence-electron chi connectivity index (χ4n) is 1.64. The molecule has 0 heterocycles. The van der Waals surface area contributed by atoms with Gasteiger partial charge in [-0.2, -0.15) is 0 Å². The van der Waals surface area contributed by atoms with Crippen molar-refractivity contribution in [1.82, 2.24) is 0 Å². The molecule has 0 aliphatic heterocycles. The van der Waals surface area contributed by atoms with Gasteiger partial charge in [-0.25, -0.2) is 0 Å². The van der Waals surface area contributed by atoms with Gasteiger partial charge in [0.25, 0.3) is 5.69 Å². The van der Waals surface area contributed by atoms with Crippen LogP contribution >= 0.6 is 23.2 Å². The van der Waals surface area contributed by atoms with Crippen LogP contribution in [0.25, 0.3) is 6.08 Å². The number of carbonyl (C=O) groups excluding carboxylic acids is 1. The van der Waals surface area contributed by atoms with Crippen LogP contribution in [-0.4, -0.2) is 10.8 Å². The standard InChI is InChI=1S/C15H10Cl2N2O3/c16-13-7-4-11(9-14(13)17)18-15(20)8-3-10-1-5-12(6-2-10)19(21)22/h1-9H,(H,18,20). The Balaban J connectivity index is 2.01. The number of nitro benzene ring substituents is 1. The lowest BCUT2D eigenvalue weighted by molar-refractivity contribution is -0.384. The summed E-state index contributed by atoms with van der Waals surface area (Å²) >= 11 is 11.6. The van der Waals surface area contributed by atoms with Crippen LogP contribution in [0.1, 0.15) is 5.56 Å². The summed E-state index contributed by atoms with van der Waals surface area (Å²) in [6.07, 6.45) is 2.88. The number of nitrogens with one attached hydrogen (secondary N) is 1. The summed E-state index contributed by atoms with van der Waals surface area (Å²) in [5, 5.41) is 13.9. The molecular formula is C15H10Cl2N2O3. The molecule has 0 saturated heterocycles. The Hall–Kier alpha value is -2.37. The van der Waals surface area contributed by atoms with Crippen LogP contribution in [0.15, 0.2) is 48.5 Å². The van der Waals surface area contributed by atoms with E-state index in [1.165, 1.54) is 18.2 Å². The van der Waals surface area contributed by atoms with E-state index in [2.05, 4.69) is 5.32 Å². The molecule has 0 aromatic heterocycles. The maximum atomic E-state index is 11.8. The summed E-state index contributed by atoms with van der Waals surface area (Å²) in [5.74, 6) is -0.350. The van der Waals surface area contributed by atoms with Crippen molar-refractivity contribution in [3.63, 3.8) is 0 Å². The Morgan fingerprint density at radius 1 is 1.09 bits per heavy atom. The minimum Gasteiger partial charge on any atom is -0.322 e. The summed E-state index contributed by atoms with van der Waals surface area (Å²) in [5.41, 5.74) is 1.19. The highest BCUT2D eigenvalue weighted by molar-refractivity contribution is 6.42. The van der Waals surface area contributed by atoms with Gasteiger partial charge in [0.1, 0.15) is 0 Å². The van der Waals surface area contributed by atoms with Crippen molar-refractivity contribution in [2.45, 2.75) is 0 Å². The van der Waals surface area contributed by atoms with Crippen molar-refractivity contribution in [1.29, 1.82) is 0 Å². The van der Waals surface area contributed by atoms with Gasteiger partial charge in [0, 0.05) is 23.9 Å². The number of rotatable bonds is 4. The normalized spacial score (nSPS) is 10.6. The molecule has 22 heavy (non-hydrogen) atoms. The number of halogens is 2. The molecule has 0 aliphatic carbocycles. The molecule has 0 radical (unpaired) electrons. The lowest BCUT2D eigenvalue weighted by Gasteiger charge is -2.03. The number of nitro groups is 1. The average molecular weight is 337 g/mol.